The van der Waals surface area contributed by atoms with Gasteiger partial charge in [0.05, 0.1) is 5.56 Å². The first-order valence-electron chi connectivity index (χ1n) is 7.23. The van der Waals surface area contributed by atoms with Gasteiger partial charge in [-0.3, -0.25) is 4.79 Å². The molecule has 19 heavy (non-hydrogen) atoms. The fraction of sp³-hybridized carbons (Fsp3) is 0.562. The van der Waals surface area contributed by atoms with Crippen molar-refractivity contribution < 1.29 is 4.79 Å². The highest BCUT2D eigenvalue weighted by atomic mass is 16.2. The van der Waals surface area contributed by atoms with Crippen molar-refractivity contribution >= 4 is 11.6 Å². The van der Waals surface area contributed by atoms with Crippen molar-refractivity contribution in [3.05, 3.63) is 29.3 Å². The lowest BCUT2D eigenvalue weighted by atomic mass is 9.95. The second-order valence-corrected chi connectivity index (χ2v) is 5.47. The summed E-state index contributed by atoms with van der Waals surface area (Å²) in [5.74, 6) is 0.840. The van der Waals surface area contributed by atoms with Gasteiger partial charge in [-0.15, -0.1) is 0 Å². The van der Waals surface area contributed by atoms with Crippen LogP contribution in [0.4, 0.5) is 5.69 Å². The lowest BCUT2D eigenvalue weighted by molar-refractivity contribution is 0.0672. The Morgan fingerprint density at radius 1 is 1.47 bits per heavy atom. The maximum atomic E-state index is 12.7. The first kappa shape index (κ1) is 13.9. The van der Waals surface area contributed by atoms with Gasteiger partial charge < -0.3 is 10.2 Å². The Balaban J connectivity index is 2.21. The number of aryl methyl sites for hydroxylation is 1. The number of amides is 1. The average molecular weight is 260 g/mol. The number of likely N-dealkylation sites (tertiary alicyclic amines) is 1. The minimum atomic E-state index is 0.172. The monoisotopic (exact) mass is 260 g/mol. The van der Waals surface area contributed by atoms with Crippen LogP contribution < -0.4 is 5.32 Å². The summed E-state index contributed by atoms with van der Waals surface area (Å²) in [6.45, 7) is 6.05. The molecule has 1 N–H and O–H groups in total. The lowest BCUT2D eigenvalue weighted by Gasteiger charge is -2.32. The van der Waals surface area contributed by atoms with Crippen molar-refractivity contribution in [2.45, 2.75) is 33.1 Å². The average Bonchev–Trinajstić information content (AvgIpc) is 2.46. The van der Waals surface area contributed by atoms with Gasteiger partial charge in [-0.25, -0.2) is 0 Å². The molecule has 1 atom stereocenters. The van der Waals surface area contributed by atoms with E-state index in [1.807, 2.05) is 37.1 Å². The quantitative estimate of drug-likeness (QED) is 0.904. The standard InChI is InChI=1S/C16H24N2O/c1-4-13-6-5-9-18(11-13)16(19)14-10-12(2)7-8-15(14)17-3/h7-8,10,13,17H,4-6,9,11H2,1-3H3. The molecule has 0 aliphatic carbocycles. The van der Waals surface area contributed by atoms with Crippen LogP contribution in [0.5, 0.6) is 0 Å². The van der Waals surface area contributed by atoms with E-state index in [1.165, 1.54) is 6.42 Å². The number of nitrogens with zero attached hydrogens (tertiary/aromatic N) is 1. The molecule has 3 heteroatoms. The van der Waals surface area contributed by atoms with E-state index in [-0.39, 0.29) is 5.91 Å². The summed E-state index contributed by atoms with van der Waals surface area (Å²) in [4.78, 5) is 14.7. The Hall–Kier alpha value is -1.51. The number of benzene rings is 1. The zero-order chi connectivity index (χ0) is 13.8. The molecule has 0 aromatic heterocycles. The number of hydrogen-bond donors (Lipinski definition) is 1. The largest absolute Gasteiger partial charge is 0.387 e. The van der Waals surface area contributed by atoms with Gasteiger partial charge in [-0.05, 0) is 37.8 Å². The molecule has 1 saturated heterocycles. The van der Waals surface area contributed by atoms with Gasteiger partial charge in [0.25, 0.3) is 5.91 Å². The van der Waals surface area contributed by atoms with E-state index >= 15 is 0 Å². The summed E-state index contributed by atoms with van der Waals surface area (Å²) < 4.78 is 0. The summed E-state index contributed by atoms with van der Waals surface area (Å²) in [6, 6.07) is 6.02. The van der Waals surface area contributed by atoms with Crippen LogP contribution in [0, 0.1) is 12.8 Å². The fourth-order valence-corrected chi connectivity index (χ4v) is 2.81. The van der Waals surface area contributed by atoms with Gasteiger partial charge >= 0.3 is 0 Å². The van der Waals surface area contributed by atoms with Crippen molar-refractivity contribution in [1.82, 2.24) is 4.90 Å². The molecule has 1 amide bonds. The molecule has 1 heterocycles. The predicted molar refractivity (Wildman–Crippen MR) is 79.6 cm³/mol. The summed E-state index contributed by atoms with van der Waals surface area (Å²) in [5, 5.41) is 3.12. The molecule has 1 fully saturated rings. The smallest absolute Gasteiger partial charge is 0.255 e. The van der Waals surface area contributed by atoms with Crippen LogP contribution in [0.15, 0.2) is 18.2 Å². The van der Waals surface area contributed by atoms with Crippen LogP contribution in [0.2, 0.25) is 0 Å². The SMILES string of the molecule is CCC1CCCN(C(=O)c2cc(C)ccc2NC)C1. The Bertz CT molecular complexity index is 456. The molecule has 1 aromatic rings. The van der Waals surface area contributed by atoms with Crippen molar-refractivity contribution in [3.8, 4) is 0 Å². The van der Waals surface area contributed by atoms with E-state index in [4.69, 9.17) is 0 Å². The third-order valence-electron chi connectivity index (χ3n) is 4.06. The fourth-order valence-electron chi connectivity index (χ4n) is 2.81. The number of rotatable bonds is 3. The van der Waals surface area contributed by atoms with E-state index in [0.717, 1.165) is 42.7 Å². The zero-order valence-corrected chi connectivity index (χ0v) is 12.2. The summed E-state index contributed by atoms with van der Waals surface area (Å²) in [6.07, 6.45) is 3.55. The van der Waals surface area contributed by atoms with Crippen LogP contribution in [-0.4, -0.2) is 30.9 Å². The molecular formula is C16H24N2O. The van der Waals surface area contributed by atoms with E-state index < -0.39 is 0 Å². The normalized spacial score (nSPS) is 19.3. The first-order chi connectivity index (χ1) is 9.15. The summed E-state index contributed by atoms with van der Waals surface area (Å²) >= 11 is 0. The van der Waals surface area contributed by atoms with E-state index in [2.05, 4.69) is 12.2 Å². The molecule has 1 aliphatic rings. The molecule has 2 rings (SSSR count). The van der Waals surface area contributed by atoms with Crippen LogP contribution in [-0.2, 0) is 0 Å². The van der Waals surface area contributed by atoms with E-state index in [1.54, 1.807) is 0 Å². The number of anilines is 1. The molecule has 1 aromatic carbocycles. The first-order valence-corrected chi connectivity index (χ1v) is 7.23. The Morgan fingerprint density at radius 2 is 2.26 bits per heavy atom. The number of piperidine rings is 1. The zero-order valence-electron chi connectivity index (χ0n) is 12.2. The highest BCUT2D eigenvalue weighted by molar-refractivity contribution is 5.99. The highest BCUT2D eigenvalue weighted by Gasteiger charge is 2.24. The van der Waals surface area contributed by atoms with Gasteiger partial charge in [0.15, 0.2) is 0 Å². The minimum Gasteiger partial charge on any atom is -0.387 e. The number of carbonyl (C=O) groups excluding carboxylic acids is 1. The molecule has 104 valence electrons. The van der Waals surface area contributed by atoms with Crippen molar-refractivity contribution in [2.75, 3.05) is 25.5 Å². The molecule has 3 nitrogen and oxygen atoms in total. The predicted octanol–water partition coefficient (Wildman–Crippen LogP) is 3.30. The second-order valence-electron chi connectivity index (χ2n) is 5.47. The molecule has 0 spiro atoms. The van der Waals surface area contributed by atoms with E-state index in [9.17, 15) is 4.79 Å². The number of carbonyl (C=O) groups is 1. The molecule has 1 aliphatic heterocycles. The summed E-state index contributed by atoms with van der Waals surface area (Å²) in [7, 11) is 1.87. The highest BCUT2D eigenvalue weighted by Crippen LogP contribution is 2.24. The van der Waals surface area contributed by atoms with E-state index in [0.29, 0.717) is 5.92 Å². The van der Waals surface area contributed by atoms with Crippen LogP contribution in [0.1, 0.15) is 42.1 Å². The van der Waals surface area contributed by atoms with Crippen molar-refractivity contribution in [2.24, 2.45) is 5.92 Å². The van der Waals surface area contributed by atoms with Gasteiger partial charge in [0.2, 0.25) is 0 Å². The van der Waals surface area contributed by atoms with Crippen LogP contribution in [0.25, 0.3) is 0 Å². The van der Waals surface area contributed by atoms with Gasteiger partial charge in [-0.2, -0.15) is 0 Å². The van der Waals surface area contributed by atoms with Crippen molar-refractivity contribution in [1.29, 1.82) is 0 Å². The lowest BCUT2D eigenvalue weighted by Crippen LogP contribution is -2.40. The number of hydrogen-bond acceptors (Lipinski definition) is 2. The molecule has 1 unspecified atom stereocenters. The molecule has 0 bridgehead atoms. The van der Waals surface area contributed by atoms with Gasteiger partial charge in [0.1, 0.15) is 0 Å². The Kier molecular flexibility index (Phi) is 4.46. The van der Waals surface area contributed by atoms with Gasteiger partial charge in [0, 0.05) is 25.8 Å². The third kappa shape index (κ3) is 3.09. The molecule has 0 radical (unpaired) electrons. The van der Waals surface area contributed by atoms with Crippen LogP contribution >= 0.6 is 0 Å². The molecular weight excluding hydrogens is 236 g/mol. The Labute approximate surface area is 116 Å². The van der Waals surface area contributed by atoms with Crippen LogP contribution in [0.3, 0.4) is 0 Å². The third-order valence-corrected chi connectivity index (χ3v) is 4.06. The maximum absolute atomic E-state index is 12.7. The second kappa shape index (κ2) is 6.09. The van der Waals surface area contributed by atoms with Crippen molar-refractivity contribution in [3.63, 3.8) is 0 Å². The molecule has 0 saturated carbocycles. The maximum Gasteiger partial charge on any atom is 0.255 e. The van der Waals surface area contributed by atoms with Gasteiger partial charge in [-0.1, -0.05) is 25.0 Å². The number of nitrogens with one attached hydrogen (secondary N) is 1. The Morgan fingerprint density at radius 3 is 2.95 bits per heavy atom. The topological polar surface area (TPSA) is 32.3 Å². The minimum absolute atomic E-state index is 0.172. The summed E-state index contributed by atoms with van der Waals surface area (Å²) in [5.41, 5.74) is 2.86.